The van der Waals surface area contributed by atoms with Crippen LogP contribution in [0.1, 0.15) is 11.1 Å². The summed E-state index contributed by atoms with van der Waals surface area (Å²) >= 11 is 12.1. The molecule has 1 aromatic heterocycles. The van der Waals surface area contributed by atoms with Gasteiger partial charge >= 0.3 is 0 Å². The van der Waals surface area contributed by atoms with Crippen molar-refractivity contribution >= 4 is 34.1 Å². The molecule has 3 heteroatoms. The molecule has 0 aliphatic rings. The fraction of sp³-hybridized carbons (Fsp3) is 0.118. The fourth-order valence-corrected chi connectivity index (χ4v) is 2.76. The molecule has 0 atom stereocenters. The average Bonchev–Trinajstić information content (AvgIpc) is 2.43. The van der Waals surface area contributed by atoms with Crippen LogP contribution in [0.25, 0.3) is 10.9 Å². The second-order valence-electron chi connectivity index (χ2n) is 4.95. The van der Waals surface area contributed by atoms with Crippen LogP contribution in [0.15, 0.2) is 54.7 Å². The van der Waals surface area contributed by atoms with Crippen molar-refractivity contribution < 1.29 is 4.57 Å². The molecule has 0 radical (unpaired) electrons. The molecule has 0 amide bonds. The normalized spacial score (nSPS) is 10.9. The van der Waals surface area contributed by atoms with Gasteiger partial charge in [-0.05, 0) is 31.2 Å². The quantitative estimate of drug-likeness (QED) is 0.599. The van der Waals surface area contributed by atoms with Gasteiger partial charge in [-0.2, -0.15) is 4.57 Å². The Balaban J connectivity index is 2.07. The van der Waals surface area contributed by atoms with Crippen LogP contribution in [-0.4, -0.2) is 0 Å². The van der Waals surface area contributed by atoms with Gasteiger partial charge in [-0.15, -0.1) is 0 Å². The summed E-state index contributed by atoms with van der Waals surface area (Å²) in [6.45, 7) is 2.89. The van der Waals surface area contributed by atoms with Crippen LogP contribution in [0.5, 0.6) is 0 Å². The molecular weight excluding hydrogens is 289 g/mol. The van der Waals surface area contributed by atoms with E-state index in [9.17, 15) is 0 Å². The van der Waals surface area contributed by atoms with Gasteiger partial charge in [0.2, 0.25) is 5.52 Å². The molecule has 0 fully saturated rings. The smallest absolute Gasteiger partial charge is 0.194 e. The van der Waals surface area contributed by atoms with Crippen LogP contribution in [0.2, 0.25) is 10.0 Å². The number of para-hydroxylation sites is 1. The lowest BCUT2D eigenvalue weighted by molar-refractivity contribution is -0.662. The molecule has 0 aliphatic carbocycles. The first-order valence-corrected chi connectivity index (χ1v) is 7.22. The third kappa shape index (κ3) is 2.65. The molecular formula is C17H14Cl2N+. The van der Waals surface area contributed by atoms with Crippen molar-refractivity contribution in [1.29, 1.82) is 0 Å². The van der Waals surface area contributed by atoms with Crippen LogP contribution in [-0.2, 0) is 6.54 Å². The number of aromatic nitrogens is 1. The van der Waals surface area contributed by atoms with Crippen molar-refractivity contribution in [2.75, 3.05) is 0 Å². The summed E-state index contributed by atoms with van der Waals surface area (Å²) in [6.07, 6.45) is 2.16. The Kier molecular flexibility index (Phi) is 3.64. The van der Waals surface area contributed by atoms with Gasteiger partial charge in [-0.25, -0.2) is 0 Å². The average molecular weight is 303 g/mol. The van der Waals surface area contributed by atoms with Gasteiger partial charge in [0.05, 0.1) is 10.0 Å². The molecule has 20 heavy (non-hydrogen) atoms. The Morgan fingerprint density at radius 1 is 0.950 bits per heavy atom. The van der Waals surface area contributed by atoms with E-state index in [0.717, 1.165) is 12.1 Å². The summed E-state index contributed by atoms with van der Waals surface area (Å²) in [5.74, 6) is 0. The van der Waals surface area contributed by atoms with E-state index in [1.807, 2.05) is 18.2 Å². The Bertz CT molecular complexity index is 781. The topological polar surface area (TPSA) is 3.88 Å². The van der Waals surface area contributed by atoms with Gasteiger partial charge in [0.25, 0.3) is 0 Å². The summed E-state index contributed by atoms with van der Waals surface area (Å²) in [6, 6.07) is 16.4. The lowest BCUT2D eigenvalue weighted by Gasteiger charge is -2.04. The third-order valence-electron chi connectivity index (χ3n) is 3.33. The van der Waals surface area contributed by atoms with E-state index >= 15 is 0 Å². The van der Waals surface area contributed by atoms with Gasteiger partial charge in [-0.3, -0.25) is 0 Å². The Hall–Kier alpha value is -1.57. The molecule has 0 N–H and O–H groups in total. The fourth-order valence-electron chi connectivity index (χ4n) is 2.43. The molecule has 0 saturated carbocycles. The number of fused-ring (bicyclic) bond motifs is 1. The number of halogens is 2. The van der Waals surface area contributed by atoms with Gasteiger partial charge in [0.1, 0.15) is 0 Å². The molecule has 1 nitrogen and oxygen atoms in total. The highest BCUT2D eigenvalue weighted by molar-refractivity contribution is 6.42. The first-order valence-electron chi connectivity index (χ1n) is 6.46. The highest BCUT2D eigenvalue weighted by atomic mass is 35.5. The highest BCUT2D eigenvalue weighted by Crippen LogP contribution is 2.22. The molecule has 2 aromatic carbocycles. The molecule has 1 heterocycles. The van der Waals surface area contributed by atoms with Crippen molar-refractivity contribution in [1.82, 2.24) is 0 Å². The Morgan fingerprint density at radius 2 is 1.75 bits per heavy atom. The maximum atomic E-state index is 6.09. The number of hydrogen-bond acceptors (Lipinski definition) is 0. The maximum absolute atomic E-state index is 6.09. The largest absolute Gasteiger partial charge is 0.212 e. The van der Waals surface area contributed by atoms with E-state index in [-0.39, 0.29) is 0 Å². The van der Waals surface area contributed by atoms with Crippen LogP contribution in [0, 0.1) is 6.92 Å². The minimum Gasteiger partial charge on any atom is -0.194 e. The molecule has 0 aliphatic heterocycles. The molecule has 0 saturated heterocycles. The lowest BCUT2D eigenvalue weighted by atomic mass is 10.1. The Morgan fingerprint density at radius 3 is 2.55 bits per heavy atom. The number of benzene rings is 2. The van der Waals surface area contributed by atoms with Crippen LogP contribution in [0.3, 0.4) is 0 Å². The zero-order valence-corrected chi connectivity index (χ0v) is 12.6. The first-order chi connectivity index (χ1) is 9.63. The first kappa shape index (κ1) is 13.4. The van der Waals surface area contributed by atoms with Crippen molar-refractivity contribution in [2.45, 2.75) is 13.5 Å². The highest BCUT2D eigenvalue weighted by Gasteiger charge is 2.11. The van der Waals surface area contributed by atoms with Crippen molar-refractivity contribution in [3.05, 3.63) is 75.9 Å². The number of nitrogens with zero attached hydrogens (tertiary/aromatic N) is 1. The molecule has 3 aromatic rings. The number of hydrogen-bond donors (Lipinski definition) is 0. The molecule has 0 bridgehead atoms. The monoisotopic (exact) mass is 302 g/mol. The van der Waals surface area contributed by atoms with E-state index in [0.29, 0.717) is 10.0 Å². The van der Waals surface area contributed by atoms with Crippen LogP contribution < -0.4 is 4.57 Å². The van der Waals surface area contributed by atoms with Crippen molar-refractivity contribution in [2.24, 2.45) is 0 Å². The van der Waals surface area contributed by atoms with E-state index < -0.39 is 0 Å². The van der Waals surface area contributed by atoms with E-state index in [1.165, 1.54) is 16.5 Å². The van der Waals surface area contributed by atoms with E-state index in [4.69, 9.17) is 23.2 Å². The number of aryl methyl sites for hydroxylation is 1. The van der Waals surface area contributed by atoms with Crippen LogP contribution in [0.4, 0.5) is 0 Å². The zero-order valence-electron chi connectivity index (χ0n) is 11.1. The predicted octanol–water partition coefficient (Wildman–Crippen LogP) is 4.79. The molecule has 3 rings (SSSR count). The second kappa shape index (κ2) is 5.43. The van der Waals surface area contributed by atoms with Crippen LogP contribution >= 0.6 is 23.2 Å². The summed E-state index contributed by atoms with van der Waals surface area (Å²) in [5, 5.41) is 2.43. The number of pyridine rings is 1. The van der Waals surface area contributed by atoms with Crippen molar-refractivity contribution in [3.63, 3.8) is 0 Å². The van der Waals surface area contributed by atoms with Gasteiger partial charge in [-0.1, -0.05) is 41.4 Å². The predicted molar refractivity (Wildman–Crippen MR) is 84.4 cm³/mol. The minimum absolute atomic E-state index is 0.592. The maximum Gasteiger partial charge on any atom is 0.212 e. The van der Waals surface area contributed by atoms with Crippen molar-refractivity contribution in [3.8, 4) is 0 Å². The van der Waals surface area contributed by atoms with Gasteiger partial charge < -0.3 is 0 Å². The summed E-state index contributed by atoms with van der Waals surface area (Å²) in [7, 11) is 0. The minimum atomic E-state index is 0.592. The molecule has 0 unspecified atom stereocenters. The summed E-state index contributed by atoms with van der Waals surface area (Å²) < 4.78 is 2.24. The lowest BCUT2D eigenvalue weighted by Crippen LogP contribution is -2.35. The Labute approximate surface area is 128 Å². The molecule has 100 valence electrons. The SMILES string of the molecule is Cc1cc2ccccc2[n+](Cc2ccc(Cl)c(Cl)c2)c1. The summed E-state index contributed by atoms with van der Waals surface area (Å²) in [4.78, 5) is 0. The van der Waals surface area contributed by atoms with Gasteiger partial charge in [0, 0.05) is 22.6 Å². The summed E-state index contributed by atoms with van der Waals surface area (Å²) in [5.41, 5.74) is 3.59. The zero-order chi connectivity index (χ0) is 14.1. The molecule has 0 spiro atoms. The number of rotatable bonds is 2. The van der Waals surface area contributed by atoms with E-state index in [1.54, 1.807) is 0 Å². The van der Waals surface area contributed by atoms with E-state index in [2.05, 4.69) is 48.0 Å². The third-order valence-corrected chi connectivity index (χ3v) is 4.06. The second-order valence-corrected chi connectivity index (χ2v) is 5.77. The van der Waals surface area contributed by atoms with Gasteiger partial charge in [0.15, 0.2) is 12.7 Å². The standard InChI is InChI=1S/C17H14Cl2N/c1-12-8-14-4-2-3-5-17(14)20(10-12)11-13-6-7-15(18)16(19)9-13/h2-10H,11H2,1H3/q+1.